The van der Waals surface area contributed by atoms with E-state index in [-0.39, 0.29) is 24.4 Å². The first-order valence-electron chi connectivity index (χ1n) is 2.00. The molecule has 0 atom stereocenters. The highest BCUT2D eigenvalue weighted by atomic mass is 32.1. The molecule has 0 bridgehead atoms. The van der Waals surface area contributed by atoms with Crippen molar-refractivity contribution < 1.29 is 11.0 Å². The summed E-state index contributed by atoms with van der Waals surface area (Å²) in [6.45, 7) is 8.00. The molecule has 0 spiro atoms. The lowest BCUT2D eigenvalue weighted by Gasteiger charge is -1.07. The van der Waals surface area contributed by atoms with E-state index in [1.54, 1.807) is 0 Å². The highest BCUT2D eigenvalue weighted by Crippen LogP contribution is 1.15. The van der Waals surface area contributed by atoms with Crippen molar-refractivity contribution in [3.8, 4) is 0 Å². The third kappa shape index (κ3) is 1570. The molecule has 3 heteroatoms. The molecule has 0 aromatic heterocycles. The maximum absolute atomic E-state index is 2.00. The lowest BCUT2D eigenvalue weighted by Crippen LogP contribution is -0.856. The lowest BCUT2D eigenvalue weighted by molar-refractivity contribution is 0.823. The molecule has 52 valence electrons. The molecule has 0 heterocycles. The van der Waals surface area contributed by atoms with Crippen LogP contribution in [0.25, 0.3) is 0 Å². The van der Waals surface area contributed by atoms with Crippen LogP contribution in [0.15, 0.2) is 0 Å². The van der Waals surface area contributed by atoms with Gasteiger partial charge in [0.1, 0.15) is 0 Å². The summed E-state index contributed by atoms with van der Waals surface area (Å²) < 4.78 is 0. The van der Waals surface area contributed by atoms with Gasteiger partial charge in [0.25, 0.3) is 0 Å². The van der Waals surface area contributed by atoms with Gasteiger partial charge < -0.3 is 11.0 Å². The van der Waals surface area contributed by atoms with Crippen LogP contribution in [0.2, 0.25) is 0 Å². The summed E-state index contributed by atoms with van der Waals surface area (Å²) in [5.74, 6) is 0. The molecule has 0 rings (SSSR count). The van der Waals surface area contributed by atoms with Gasteiger partial charge in [0.15, 0.2) is 0 Å². The van der Waals surface area contributed by atoms with Gasteiger partial charge in [-0.05, 0) is 0 Å². The van der Waals surface area contributed by atoms with E-state index in [1.165, 1.54) is 0 Å². The number of hydrogen-bond acceptors (Lipinski definition) is 0. The molecular weight excluding hydrogens is 112 g/mol. The van der Waals surface area contributed by atoms with E-state index in [2.05, 4.69) is 0 Å². The van der Waals surface area contributed by atoms with Crippen LogP contribution in [0.5, 0.6) is 0 Å². The van der Waals surface area contributed by atoms with E-state index < -0.39 is 0 Å². The minimum Gasteiger partial charge on any atom is -0.412 e. The van der Waals surface area contributed by atoms with E-state index in [0.29, 0.717) is 0 Å². The summed E-state index contributed by atoms with van der Waals surface area (Å²) in [4.78, 5) is 0. The van der Waals surface area contributed by atoms with Crippen molar-refractivity contribution in [3.05, 3.63) is 0 Å². The SMILES string of the molecule is CC.CC.O.O.S. The molecule has 0 aromatic carbocycles. The Morgan fingerprint density at radius 3 is 0.571 bits per heavy atom. The van der Waals surface area contributed by atoms with Crippen LogP contribution in [0, 0.1) is 0 Å². The fourth-order valence-corrected chi connectivity index (χ4v) is 0. The largest absolute Gasteiger partial charge is 0.412 e. The molecule has 0 radical (unpaired) electrons. The van der Waals surface area contributed by atoms with Gasteiger partial charge >= 0.3 is 0 Å². The van der Waals surface area contributed by atoms with Crippen molar-refractivity contribution in [2.24, 2.45) is 0 Å². The Morgan fingerprint density at radius 2 is 0.571 bits per heavy atom. The van der Waals surface area contributed by atoms with Crippen LogP contribution < -0.4 is 0 Å². The molecule has 0 aliphatic carbocycles. The molecule has 0 saturated heterocycles. The molecule has 0 aliphatic rings. The molecule has 0 fully saturated rings. The average molecular weight is 130 g/mol. The molecule has 0 amide bonds. The zero-order valence-corrected chi connectivity index (χ0v) is 6.50. The summed E-state index contributed by atoms with van der Waals surface area (Å²) in [5, 5.41) is 0. The van der Waals surface area contributed by atoms with Crippen LogP contribution in [0.3, 0.4) is 0 Å². The highest BCUT2D eigenvalue weighted by molar-refractivity contribution is 7.59. The van der Waals surface area contributed by atoms with Gasteiger partial charge in [-0.3, -0.25) is 0 Å². The minimum absolute atomic E-state index is 0. The maximum Gasteiger partial charge on any atom is -0.0683 e. The van der Waals surface area contributed by atoms with E-state index in [0.717, 1.165) is 0 Å². The van der Waals surface area contributed by atoms with Crippen LogP contribution in [0.4, 0.5) is 0 Å². The predicted octanol–water partition coefficient (Wildman–Crippen LogP) is 0.516. The second-order valence-corrected chi connectivity index (χ2v) is 0. The Morgan fingerprint density at radius 1 is 0.571 bits per heavy atom. The molecule has 0 saturated carbocycles. The topological polar surface area (TPSA) is 63.0 Å². The number of hydrogen-bond donors (Lipinski definition) is 0. The van der Waals surface area contributed by atoms with Gasteiger partial charge in [-0.25, -0.2) is 0 Å². The summed E-state index contributed by atoms with van der Waals surface area (Å²) in [6, 6.07) is 0. The van der Waals surface area contributed by atoms with Gasteiger partial charge in [-0.1, -0.05) is 27.7 Å². The fourth-order valence-electron chi connectivity index (χ4n) is 0. The molecule has 2 nitrogen and oxygen atoms in total. The molecule has 0 unspecified atom stereocenters. The Kier molecular flexibility index (Phi) is 18900. The van der Waals surface area contributed by atoms with E-state index in [1.807, 2.05) is 27.7 Å². The third-order valence-corrected chi connectivity index (χ3v) is 0. The van der Waals surface area contributed by atoms with Gasteiger partial charge in [-0.15, -0.1) is 0 Å². The normalized spacial score (nSPS) is 1.71. The van der Waals surface area contributed by atoms with Gasteiger partial charge in [0, 0.05) is 0 Å². The fraction of sp³-hybridized carbons (Fsp3) is 1.00. The molecule has 7 heavy (non-hydrogen) atoms. The van der Waals surface area contributed by atoms with Crippen LogP contribution in [-0.4, -0.2) is 11.0 Å². The van der Waals surface area contributed by atoms with Crippen LogP contribution in [-0.2, 0) is 0 Å². The van der Waals surface area contributed by atoms with E-state index in [4.69, 9.17) is 0 Å². The molecule has 0 aliphatic heterocycles. The molecular formula is C4H18O2S. The first-order chi connectivity index (χ1) is 2.00. The highest BCUT2D eigenvalue weighted by Gasteiger charge is 0.934. The minimum atomic E-state index is 0. The summed E-state index contributed by atoms with van der Waals surface area (Å²) >= 11 is 0. The van der Waals surface area contributed by atoms with Crippen LogP contribution in [0.1, 0.15) is 27.7 Å². The van der Waals surface area contributed by atoms with E-state index >= 15 is 0 Å². The van der Waals surface area contributed by atoms with E-state index in [9.17, 15) is 0 Å². The lowest BCUT2D eigenvalue weighted by atomic mass is 11.0. The Balaban J connectivity index is -0.00000000267. The standard InChI is InChI=1S/2C2H6.2H2O.H2S/c2*1-2;;;/h2*1-2H3;3*1H2. The Labute approximate surface area is 53.0 Å². The smallest absolute Gasteiger partial charge is 0.0683 e. The maximum atomic E-state index is 2.00. The summed E-state index contributed by atoms with van der Waals surface area (Å²) in [5.41, 5.74) is 0. The second kappa shape index (κ2) is 2390. The van der Waals surface area contributed by atoms with Crippen molar-refractivity contribution in [1.82, 2.24) is 0 Å². The van der Waals surface area contributed by atoms with Crippen molar-refractivity contribution in [2.75, 3.05) is 0 Å². The third-order valence-electron chi connectivity index (χ3n) is 0. The van der Waals surface area contributed by atoms with Gasteiger partial charge in [-0.2, -0.15) is 13.5 Å². The van der Waals surface area contributed by atoms with Crippen molar-refractivity contribution >= 4 is 13.5 Å². The van der Waals surface area contributed by atoms with Crippen molar-refractivity contribution in [3.63, 3.8) is 0 Å². The summed E-state index contributed by atoms with van der Waals surface area (Å²) in [6.07, 6.45) is 0. The van der Waals surface area contributed by atoms with Gasteiger partial charge in [0.2, 0.25) is 0 Å². The number of rotatable bonds is 0. The quantitative estimate of drug-likeness (QED) is 0.459. The monoisotopic (exact) mass is 130 g/mol. The second-order valence-electron chi connectivity index (χ2n) is 0. The average Bonchev–Trinajstić information content (AvgIpc) is 1.50. The van der Waals surface area contributed by atoms with Crippen molar-refractivity contribution in [1.29, 1.82) is 0 Å². The first-order valence-corrected chi connectivity index (χ1v) is 2.00. The van der Waals surface area contributed by atoms with Crippen LogP contribution >= 0.6 is 13.5 Å². The van der Waals surface area contributed by atoms with Crippen molar-refractivity contribution in [2.45, 2.75) is 27.7 Å². The summed E-state index contributed by atoms with van der Waals surface area (Å²) in [7, 11) is 0. The Bertz CT molecular complexity index is 9.65. The van der Waals surface area contributed by atoms with Gasteiger partial charge in [0.05, 0.1) is 0 Å². The zero-order chi connectivity index (χ0) is 4.00. The zero-order valence-electron chi connectivity index (χ0n) is 5.50. The Hall–Kier alpha value is 0.270. The first kappa shape index (κ1) is 55.5. The predicted molar refractivity (Wildman–Crippen MR) is 40.3 cm³/mol. The molecule has 4 N–H and O–H groups in total. The molecule has 0 aromatic rings.